The predicted octanol–water partition coefficient (Wildman–Crippen LogP) is 4.74. The lowest BCUT2D eigenvalue weighted by Gasteiger charge is -2.17. The Bertz CT molecular complexity index is 410. The van der Waals surface area contributed by atoms with Crippen LogP contribution >= 0.6 is 15.9 Å². The van der Waals surface area contributed by atoms with Crippen LogP contribution in [0.1, 0.15) is 39.5 Å². The van der Waals surface area contributed by atoms with Crippen LogP contribution in [0.4, 0.5) is 11.4 Å². The number of halogens is 1. The van der Waals surface area contributed by atoms with E-state index in [9.17, 15) is 10.1 Å². The molecule has 0 aliphatic heterocycles. The van der Waals surface area contributed by atoms with Crippen molar-refractivity contribution >= 4 is 27.3 Å². The van der Waals surface area contributed by atoms with Gasteiger partial charge in [-0.05, 0) is 40.9 Å². The smallest absolute Gasteiger partial charge is 0.285 e. The van der Waals surface area contributed by atoms with Gasteiger partial charge in [-0.15, -0.1) is 0 Å². The lowest BCUT2D eigenvalue weighted by atomic mass is 10.1. The largest absolute Gasteiger partial charge is 0.382 e. The fourth-order valence-corrected chi connectivity index (χ4v) is 2.20. The minimum atomic E-state index is -0.373. The van der Waals surface area contributed by atoms with Crippen LogP contribution in [0.2, 0.25) is 0 Å². The van der Waals surface area contributed by atoms with Crippen molar-refractivity contribution in [3.63, 3.8) is 0 Å². The summed E-state index contributed by atoms with van der Waals surface area (Å²) >= 11 is 3.19. The summed E-state index contributed by atoms with van der Waals surface area (Å²) in [5, 5.41) is 14.2. The highest BCUT2D eigenvalue weighted by Crippen LogP contribution is 2.28. The van der Waals surface area contributed by atoms with E-state index in [2.05, 4.69) is 35.1 Å². The normalized spacial score (nSPS) is 12.2. The highest BCUT2D eigenvalue weighted by atomic mass is 79.9. The van der Waals surface area contributed by atoms with E-state index in [1.54, 1.807) is 12.1 Å². The van der Waals surface area contributed by atoms with Crippen LogP contribution in [0.15, 0.2) is 22.7 Å². The standard InChI is InChI=1S/C13H19BrN2O2/c1-3-5-6-10(4-2)15-11-7-8-12(14)13(9-11)16(17)18/h7-10,15H,3-6H2,1-2H3. The quantitative estimate of drug-likeness (QED) is 0.584. The second-order valence-electron chi connectivity index (χ2n) is 4.32. The molecule has 0 aromatic heterocycles. The maximum Gasteiger partial charge on any atom is 0.285 e. The molecule has 0 bridgehead atoms. The molecule has 0 aliphatic carbocycles. The molecule has 4 nitrogen and oxygen atoms in total. The van der Waals surface area contributed by atoms with E-state index in [4.69, 9.17) is 0 Å². The maximum absolute atomic E-state index is 10.8. The van der Waals surface area contributed by atoms with Gasteiger partial charge in [0.05, 0.1) is 9.40 Å². The van der Waals surface area contributed by atoms with Crippen molar-refractivity contribution in [2.45, 2.75) is 45.6 Å². The number of rotatable bonds is 7. The number of nitrogens with one attached hydrogen (secondary N) is 1. The summed E-state index contributed by atoms with van der Waals surface area (Å²) in [5.74, 6) is 0. The van der Waals surface area contributed by atoms with Crippen molar-refractivity contribution in [3.8, 4) is 0 Å². The van der Waals surface area contributed by atoms with Crippen LogP contribution in [0.3, 0.4) is 0 Å². The third-order valence-electron chi connectivity index (χ3n) is 2.91. The number of benzene rings is 1. The van der Waals surface area contributed by atoms with Crippen LogP contribution in [0.25, 0.3) is 0 Å². The third kappa shape index (κ3) is 4.29. The summed E-state index contributed by atoms with van der Waals surface area (Å²) < 4.78 is 0.514. The van der Waals surface area contributed by atoms with Crippen molar-refractivity contribution in [2.24, 2.45) is 0 Å². The Morgan fingerprint density at radius 3 is 2.72 bits per heavy atom. The van der Waals surface area contributed by atoms with E-state index in [0.29, 0.717) is 10.5 Å². The first-order chi connectivity index (χ1) is 8.58. The molecule has 0 amide bonds. The Morgan fingerprint density at radius 1 is 1.44 bits per heavy atom. The molecule has 1 unspecified atom stereocenters. The minimum absolute atomic E-state index is 0.102. The lowest BCUT2D eigenvalue weighted by molar-refractivity contribution is -0.385. The lowest BCUT2D eigenvalue weighted by Crippen LogP contribution is -2.18. The van der Waals surface area contributed by atoms with Crippen LogP contribution in [-0.4, -0.2) is 11.0 Å². The van der Waals surface area contributed by atoms with Gasteiger partial charge >= 0.3 is 0 Å². The molecule has 0 radical (unpaired) electrons. The van der Waals surface area contributed by atoms with E-state index >= 15 is 0 Å². The molecule has 100 valence electrons. The molecule has 5 heteroatoms. The predicted molar refractivity (Wildman–Crippen MR) is 78.0 cm³/mol. The van der Waals surface area contributed by atoms with Crippen LogP contribution < -0.4 is 5.32 Å². The number of unbranched alkanes of at least 4 members (excludes halogenated alkanes) is 1. The number of hydrogen-bond donors (Lipinski definition) is 1. The molecule has 0 saturated carbocycles. The Balaban J connectivity index is 2.77. The molecule has 1 atom stereocenters. The highest BCUT2D eigenvalue weighted by molar-refractivity contribution is 9.10. The van der Waals surface area contributed by atoms with Crippen LogP contribution in [0, 0.1) is 10.1 Å². The summed E-state index contributed by atoms with van der Waals surface area (Å²) in [6, 6.07) is 5.54. The Morgan fingerprint density at radius 2 is 2.17 bits per heavy atom. The number of anilines is 1. The summed E-state index contributed by atoms with van der Waals surface area (Å²) in [6.07, 6.45) is 4.45. The van der Waals surface area contributed by atoms with Crippen molar-refractivity contribution in [1.82, 2.24) is 0 Å². The van der Waals surface area contributed by atoms with Gasteiger partial charge in [-0.1, -0.05) is 26.7 Å². The zero-order valence-corrected chi connectivity index (χ0v) is 12.4. The van der Waals surface area contributed by atoms with Gasteiger partial charge in [0, 0.05) is 17.8 Å². The molecule has 0 spiro atoms. The fourth-order valence-electron chi connectivity index (χ4n) is 1.81. The van der Waals surface area contributed by atoms with E-state index in [0.717, 1.165) is 18.5 Å². The molecule has 0 heterocycles. The van der Waals surface area contributed by atoms with Crippen molar-refractivity contribution in [2.75, 3.05) is 5.32 Å². The Labute approximate surface area is 116 Å². The molecule has 0 fully saturated rings. The van der Waals surface area contributed by atoms with E-state index < -0.39 is 0 Å². The summed E-state index contributed by atoms with van der Waals surface area (Å²) in [5.41, 5.74) is 0.915. The number of nitro groups is 1. The maximum atomic E-state index is 10.8. The topological polar surface area (TPSA) is 55.2 Å². The van der Waals surface area contributed by atoms with Crippen molar-refractivity contribution in [1.29, 1.82) is 0 Å². The zero-order valence-electron chi connectivity index (χ0n) is 10.8. The number of nitro benzene ring substituents is 1. The monoisotopic (exact) mass is 314 g/mol. The molecule has 1 rings (SSSR count). The molecule has 1 aromatic rings. The first-order valence-corrected chi connectivity index (χ1v) is 7.08. The molecule has 0 saturated heterocycles. The summed E-state index contributed by atoms with van der Waals surface area (Å²) in [7, 11) is 0. The molecular weight excluding hydrogens is 296 g/mol. The average molecular weight is 315 g/mol. The molecule has 0 aliphatic rings. The van der Waals surface area contributed by atoms with Gasteiger partial charge < -0.3 is 5.32 Å². The van der Waals surface area contributed by atoms with Crippen LogP contribution in [-0.2, 0) is 0 Å². The van der Waals surface area contributed by atoms with Gasteiger partial charge in [0.15, 0.2) is 0 Å². The SMILES string of the molecule is CCCCC(CC)Nc1ccc(Br)c([N+](=O)[O-])c1. The van der Waals surface area contributed by atoms with E-state index in [1.807, 2.05) is 6.07 Å². The number of hydrogen-bond acceptors (Lipinski definition) is 3. The zero-order chi connectivity index (χ0) is 13.5. The average Bonchev–Trinajstić information content (AvgIpc) is 2.36. The molecule has 18 heavy (non-hydrogen) atoms. The van der Waals surface area contributed by atoms with Crippen molar-refractivity contribution in [3.05, 3.63) is 32.8 Å². The molecular formula is C13H19BrN2O2. The van der Waals surface area contributed by atoms with Gasteiger partial charge in [0.1, 0.15) is 0 Å². The van der Waals surface area contributed by atoms with Crippen LogP contribution in [0.5, 0.6) is 0 Å². The first-order valence-electron chi connectivity index (χ1n) is 6.29. The second-order valence-corrected chi connectivity index (χ2v) is 5.17. The molecule has 1 N–H and O–H groups in total. The Kier molecular flexibility index (Phi) is 6.12. The van der Waals surface area contributed by atoms with E-state index in [-0.39, 0.29) is 10.6 Å². The Hall–Kier alpha value is -1.10. The first kappa shape index (κ1) is 15.0. The van der Waals surface area contributed by atoms with Gasteiger partial charge in [-0.25, -0.2) is 0 Å². The van der Waals surface area contributed by atoms with Gasteiger partial charge in [0.25, 0.3) is 5.69 Å². The third-order valence-corrected chi connectivity index (χ3v) is 3.58. The number of nitrogens with zero attached hydrogens (tertiary/aromatic N) is 1. The van der Waals surface area contributed by atoms with Gasteiger partial charge in [0.2, 0.25) is 0 Å². The van der Waals surface area contributed by atoms with Gasteiger partial charge in [-0.2, -0.15) is 0 Å². The minimum Gasteiger partial charge on any atom is -0.382 e. The second kappa shape index (κ2) is 7.36. The fraction of sp³-hybridized carbons (Fsp3) is 0.538. The molecule has 1 aromatic carbocycles. The van der Waals surface area contributed by atoms with Gasteiger partial charge in [-0.3, -0.25) is 10.1 Å². The van der Waals surface area contributed by atoms with E-state index in [1.165, 1.54) is 12.8 Å². The van der Waals surface area contributed by atoms with Crippen molar-refractivity contribution < 1.29 is 4.92 Å². The summed E-state index contributed by atoms with van der Waals surface area (Å²) in [4.78, 5) is 10.5. The highest BCUT2D eigenvalue weighted by Gasteiger charge is 2.13. The summed E-state index contributed by atoms with van der Waals surface area (Å²) in [6.45, 7) is 4.29.